The van der Waals surface area contributed by atoms with E-state index in [-0.39, 0.29) is 24.3 Å². The van der Waals surface area contributed by atoms with E-state index in [1.807, 2.05) is 49.4 Å². The van der Waals surface area contributed by atoms with Crippen molar-refractivity contribution in [1.82, 2.24) is 4.90 Å². The molecule has 3 amide bonds. The van der Waals surface area contributed by atoms with Crippen molar-refractivity contribution in [3.63, 3.8) is 0 Å². The van der Waals surface area contributed by atoms with Gasteiger partial charge in [-0.3, -0.25) is 19.3 Å². The van der Waals surface area contributed by atoms with E-state index < -0.39 is 6.04 Å². The van der Waals surface area contributed by atoms with Gasteiger partial charge in [-0.05, 0) is 60.6 Å². The quantitative estimate of drug-likeness (QED) is 0.500. The minimum absolute atomic E-state index is 0.0796. The first-order valence-corrected chi connectivity index (χ1v) is 10.6. The summed E-state index contributed by atoms with van der Waals surface area (Å²) in [7, 11) is 0. The molecule has 3 N–H and O–H groups in total. The molecule has 7 heteroatoms. The molecule has 166 valence electrons. The van der Waals surface area contributed by atoms with Crippen LogP contribution < -0.4 is 16.0 Å². The number of likely N-dealkylation sites (N-methyl/N-ethyl adjacent to an activating group) is 1. The predicted octanol–water partition coefficient (Wildman–Crippen LogP) is 4.09. The molecule has 3 rings (SSSR count). The molecule has 0 aliphatic carbocycles. The second kappa shape index (κ2) is 10.5. The summed E-state index contributed by atoms with van der Waals surface area (Å²) in [6, 6.07) is 20.1. The smallest absolute Gasteiger partial charge is 0.241 e. The zero-order chi connectivity index (χ0) is 23.1. The molecule has 7 nitrogen and oxygen atoms in total. The van der Waals surface area contributed by atoms with E-state index >= 15 is 0 Å². The number of anilines is 3. The Kier molecular flexibility index (Phi) is 7.57. The molecule has 0 heterocycles. The van der Waals surface area contributed by atoms with E-state index in [4.69, 9.17) is 0 Å². The van der Waals surface area contributed by atoms with Gasteiger partial charge in [0, 0.05) is 24.0 Å². The van der Waals surface area contributed by atoms with Crippen LogP contribution in [-0.2, 0) is 14.4 Å². The Hall–Kier alpha value is -3.71. The van der Waals surface area contributed by atoms with E-state index in [1.54, 1.807) is 36.1 Å². The molecule has 0 fully saturated rings. The molecule has 1 atom stereocenters. The second-order valence-corrected chi connectivity index (χ2v) is 7.60. The number of fused-ring (bicyclic) bond motifs is 1. The molecule has 0 spiro atoms. The Morgan fingerprint density at radius 2 is 1.41 bits per heavy atom. The molecule has 0 saturated heterocycles. The minimum atomic E-state index is -0.487. The lowest BCUT2D eigenvalue weighted by Gasteiger charge is -2.26. The van der Waals surface area contributed by atoms with Crippen LogP contribution in [0.15, 0.2) is 66.7 Å². The van der Waals surface area contributed by atoms with E-state index in [0.717, 1.165) is 16.5 Å². The zero-order valence-corrected chi connectivity index (χ0v) is 18.5. The third-order valence-electron chi connectivity index (χ3n) is 5.19. The van der Waals surface area contributed by atoms with Crippen LogP contribution in [0, 0.1) is 0 Å². The molecule has 32 heavy (non-hydrogen) atoms. The van der Waals surface area contributed by atoms with E-state index in [9.17, 15) is 14.4 Å². The van der Waals surface area contributed by atoms with Gasteiger partial charge in [0.05, 0.1) is 12.6 Å². The van der Waals surface area contributed by atoms with Gasteiger partial charge in [-0.25, -0.2) is 0 Å². The fourth-order valence-corrected chi connectivity index (χ4v) is 3.43. The largest absolute Gasteiger partial charge is 0.326 e. The summed E-state index contributed by atoms with van der Waals surface area (Å²) >= 11 is 0. The Bertz CT molecular complexity index is 1110. The SMILES string of the molecule is CCN(CC(=O)Nc1ccc(NC(C)=O)cc1)C(C)C(=O)Nc1ccc2ccccc2c1. The number of nitrogens with one attached hydrogen (secondary N) is 3. The molecular weight excluding hydrogens is 404 g/mol. The summed E-state index contributed by atoms with van der Waals surface area (Å²) in [6.45, 7) is 5.76. The van der Waals surface area contributed by atoms with Crippen molar-refractivity contribution in [1.29, 1.82) is 0 Å². The van der Waals surface area contributed by atoms with Crippen molar-refractivity contribution in [2.24, 2.45) is 0 Å². The van der Waals surface area contributed by atoms with E-state index in [1.165, 1.54) is 6.92 Å². The number of hydrogen-bond donors (Lipinski definition) is 3. The topological polar surface area (TPSA) is 90.5 Å². The lowest BCUT2D eigenvalue weighted by Crippen LogP contribution is -2.45. The zero-order valence-electron chi connectivity index (χ0n) is 18.5. The number of nitrogens with zero attached hydrogens (tertiary/aromatic N) is 1. The highest BCUT2D eigenvalue weighted by molar-refractivity contribution is 5.98. The van der Waals surface area contributed by atoms with Gasteiger partial charge in [-0.15, -0.1) is 0 Å². The molecule has 0 bridgehead atoms. The van der Waals surface area contributed by atoms with Gasteiger partial charge in [0.25, 0.3) is 0 Å². The van der Waals surface area contributed by atoms with Crippen LogP contribution in [0.25, 0.3) is 10.8 Å². The van der Waals surface area contributed by atoms with Gasteiger partial charge in [0.1, 0.15) is 0 Å². The average Bonchev–Trinajstić information content (AvgIpc) is 2.78. The normalized spacial score (nSPS) is 11.8. The highest BCUT2D eigenvalue weighted by Gasteiger charge is 2.22. The monoisotopic (exact) mass is 432 g/mol. The number of carbonyl (C=O) groups is 3. The van der Waals surface area contributed by atoms with Crippen molar-refractivity contribution >= 4 is 45.6 Å². The Morgan fingerprint density at radius 3 is 2.03 bits per heavy atom. The second-order valence-electron chi connectivity index (χ2n) is 7.60. The van der Waals surface area contributed by atoms with Crippen molar-refractivity contribution in [2.45, 2.75) is 26.8 Å². The lowest BCUT2D eigenvalue weighted by atomic mass is 10.1. The molecule has 0 aliphatic rings. The fourth-order valence-electron chi connectivity index (χ4n) is 3.43. The summed E-state index contributed by atoms with van der Waals surface area (Å²) in [6.07, 6.45) is 0. The maximum absolute atomic E-state index is 12.8. The third kappa shape index (κ3) is 6.15. The Balaban J connectivity index is 1.57. The molecular formula is C25H28N4O3. The summed E-state index contributed by atoms with van der Waals surface area (Å²) in [5.41, 5.74) is 2.00. The molecule has 0 aliphatic heterocycles. The summed E-state index contributed by atoms with van der Waals surface area (Å²) < 4.78 is 0. The number of hydrogen-bond acceptors (Lipinski definition) is 4. The van der Waals surface area contributed by atoms with Crippen molar-refractivity contribution < 1.29 is 14.4 Å². The first-order chi connectivity index (χ1) is 15.4. The molecule has 0 radical (unpaired) electrons. The molecule has 3 aromatic rings. The van der Waals surface area contributed by atoms with E-state index in [0.29, 0.717) is 17.9 Å². The molecule has 3 aromatic carbocycles. The van der Waals surface area contributed by atoms with Gasteiger partial charge < -0.3 is 16.0 Å². The van der Waals surface area contributed by atoms with E-state index in [2.05, 4.69) is 16.0 Å². The van der Waals surface area contributed by atoms with Crippen LogP contribution in [0.5, 0.6) is 0 Å². The Labute approximate surface area is 187 Å². The van der Waals surface area contributed by atoms with Gasteiger partial charge in [-0.2, -0.15) is 0 Å². The highest BCUT2D eigenvalue weighted by atomic mass is 16.2. The van der Waals surface area contributed by atoms with Crippen LogP contribution in [0.3, 0.4) is 0 Å². The van der Waals surface area contributed by atoms with Crippen LogP contribution in [-0.4, -0.2) is 41.8 Å². The van der Waals surface area contributed by atoms with Crippen LogP contribution in [0.1, 0.15) is 20.8 Å². The maximum atomic E-state index is 12.8. The summed E-state index contributed by atoms with van der Waals surface area (Å²) in [5, 5.41) is 10.6. The third-order valence-corrected chi connectivity index (χ3v) is 5.19. The maximum Gasteiger partial charge on any atom is 0.241 e. The van der Waals surface area contributed by atoms with Crippen LogP contribution in [0.4, 0.5) is 17.1 Å². The van der Waals surface area contributed by atoms with Gasteiger partial charge >= 0.3 is 0 Å². The molecule has 0 saturated carbocycles. The number of rotatable bonds is 8. The van der Waals surface area contributed by atoms with Crippen LogP contribution >= 0.6 is 0 Å². The molecule has 1 unspecified atom stereocenters. The van der Waals surface area contributed by atoms with Gasteiger partial charge in [0.15, 0.2) is 0 Å². The van der Waals surface area contributed by atoms with Gasteiger partial charge in [-0.1, -0.05) is 37.3 Å². The summed E-state index contributed by atoms with van der Waals surface area (Å²) in [5.74, 6) is -0.546. The average molecular weight is 433 g/mol. The number of benzene rings is 3. The van der Waals surface area contributed by atoms with Crippen molar-refractivity contribution in [3.8, 4) is 0 Å². The fraction of sp³-hybridized carbons (Fsp3) is 0.240. The Morgan fingerprint density at radius 1 is 0.812 bits per heavy atom. The highest BCUT2D eigenvalue weighted by Crippen LogP contribution is 2.19. The lowest BCUT2D eigenvalue weighted by molar-refractivity contribution is -0.123. The predicted molar refractivity (Wildman–Crippen MR) is 129 cm³/mol. The molecule has 0 aromatic heterocycles. The van der Waals surface area contributed by atoms with Crippen LogP contribution in [0.2, 0.25) is 0 Å². The minimum Gasteiger partial charge on any atom is -0.326 e. The number of carbonyl (C=O) groups excluding carboxylic acids is 3. The summed E-state index contributed by atoms with van der Waals surface area (Å²) in [4.78, 5) is 38.2. The van der Waals surface area contributed by atoms with Crippen molar-refractivity contribution in [3.05, 3.63) is 66.7 Å². The van der Waals surface area contributed by atoms with Gasteiger partial charge in [0.2, 0.25) is 17.7 Å². The standard InChI is InChI=1S/C25H28N4O3/c1-4-29(16-24(31)27-22-13-11-21(12-14-22)26-18(3)30)17(2)25(32)28-23-10-9-19-7-5-6-8-20(19)15-23/h5-15,17H,4,16H2,1-3H3,(H,26,30)(H,27,31)(H,28,32). The number of amides is 3. The first kappa shape index (κ1) is 23.0. The first-order valence-electron chi connectivity index (χ1n) is 10.6. The van der Waals surface area contributed by atoms with Crippen molar-refractivity contribution in [2.75, 3.05) is 29.0 Å².